The first-order chi connectivity index (χ1) is 13.3. The molecule has 0 saturated heterocycles. The monoisotopic (exact) mass is 386 g/mol. The fourth-order valence-electron chi connectivity index (χ4n) is 9.44. The van der Waals surface area contributed by atoms with Crippen molar-refractivity contribution in [3.05, 3.63) is 0 Å². The van der Waals surface area contributed by atoms with Crippen LogP contribution in [0.4, 0.5) is 0 Å². The summed E-state index contributed by atoms with van der Waals surface area (Å²) in [5.74, 6) is 7.81. The number of hydrogen-bond acceptors (Lipinski definition) is 0. The zero-order valence-electron chi connectivity index (χ0n) is 20.1. The van der Waals surface area contributed by atoms with Crippen LogP contribution in [0.1, 0.15) is 119 Å². The molecular weight excluding hydrogens is 336 g/mol. The van der Waals surface area contributed by atoms with E-state index in [-0.39, 0.29) is 0 Å². The molecular formula is C28H50. The first kappa shape index (κ1) is 21.2. The minimum Gasteiger partial charge on any atom is -0.0622 e. The minimum absolute atomic E-state index is 0.581. The molecule has 0 amide bonds. The van der Waals surface area contributed by atoms with Crippen molar-refractivity contribution in [1.29, 1.82) is 0 Å². The van der Waals surface area contributed by atoms with Crippen molar-refractivity contribution in [2.45, 2.75) is 119 Å². The third-order valence-electron chi connectivity index (χ3n) is 11.6. The quantitative estimate of drug-likeness (QED) is 0.422. The fraction of sp³-hybridized carbons (Fsp3) is 1.00. The molecule has 0 heterocycles. The molecule has 0 aliphatic heterocycles. The van der Waals surface area contributed by atoms with E-state index >= 15 is 0 Å². The van der Waals surface area contributed by atoms with Gasteiger partial charge in [0.1, 0.15) is 0 Å². The molecule has 0 bridgehead atoms. The third kappa shape index (κ3) is 3.41. The van der Waals surface area contributed by atoms with Gasteiger partial charge in [0, 0.05) is 0 Å². The smallest absolute Gasteiger partial charge is 0.0267 e. The maximum Gasteiger partial charge on any atom is -0.0267 e. The Bertz CT molecular complexity index is 534. The van der Waals surface area contributed by atoms with Crippen LogP contribution in [0.5, 0.6) is 0 Å². The molecule has 0 aromatic heterocycles. The molecule has 0 aromatic carbocycles. The lowest BCUT2D eigenvalue weighted by molar-refractivity contribution is -0.0493. The normalized spacial score (nSPS) is 52.6. The lowest BCUT2D eigenvalue weighted by Gasteiger charge is -2.54. The van der Waals surface area contributed by atoms with E-state index in [0.29, 0.717) is 10.8 Å². The van der Waals surface area contributed by atoms with E-state index in [9.17, 15) is 0 Å². The standard InChI is InChI=1S/C28H50/c1-19(2)27(5)18-16-21(4)26-20(3)10-14-24-22(12-15-25(26)27)11-13-23-9-7-8-17-28(23,24)6/h19-26H,7-18H2,1-6H3/t20-,21-,22+,23?,24+,25?,26+,27+,28+/m1/s1. The van der Waals surface area contributed by atoms with Gasteiger partial charge in [0.15, 0.2) is 0 Å². The highest BCUT2D eigenvalue weighted by atomic mass is 14.6. The summed E-state index contributed by atoms with van der Waals surface area (Å²) < 4.78 is 0. The van der Waals surface area contributed by atoms with Crippen LogP contribution in [0.2, 0.25) is 0 Å². The van der Waals surface area contributed by atoms with Crippen molar-refractivity contribution in [3.63, 3.8) is 0 Å². The van der Waals surface area contributed by atoms with Crippen LogP contribution in [-0.2, 0) is 0 Å². The second kappa shape index (κ2) is 7.92. The molecule has 162 valence electrons. The lowest BCUT2D eigenvalue weighted by atomic mass is 9.51. The molecule has 4 saturated carbocycles. The van der Waals surface area contributed by atoms with Crippen LogP contribution < -0.4 is 0 Å². The molecule has 4 aliphatic rings. The molecule has 0 spiro atoms. The average Bonchev–Trinajstić information content (AvgIpc) is 2.73. The van der Waals surface area contributed by atoms with Gasteiger partial charge in [-0.1, -0.05) is 60.8 Å². The van der Waals surface area contributed by atoms with Crippen LogP contribution in [0, 0.1) is 58.2 Å². The fourth-order valence-corrected chi connectivity index (χ4v) is 9.44. The Kier molecular flexibility index (Phi) is 6.01. The second-order valence-corrected chi connectivity index (χ2v) is 12.9. The highest BCUT2D eigenvalue weighted by Crippen LogP contribution is 2.61. The van der Waals surface area contributed by atoms with E-state index in [1.54, 1.807) is 38.5 Å². The largest absolute Gasteiger partial charge is 0.0622 e. The summed E-state index contributed by atoms with van der Waals surface area (Å²) >= 11 is 0. The van der Waals surface area contributed by atoms with Crippen molar-refractivity contribution in [2.75, 3.05) is 0 Å². The molecule has 2 unspecified atom stereocenters. The highest BCUT2D eigenvalue weighted by Gasteiger charge is 2.52. The van der Waals surface area contributed by atoms with Crippen LogP contribution in [-0.4, -0.2) is 0 Å². The summed E-state index contributed by atoms with van der Waals surface area (Å²) in [5.41, 5.74) is 1.26. The van der Waals surface area contributed by atoms with Gasteiger partial charge in [0.2, 0.25) is 0 Å². The zero-order chi connectivity index (χ0) is 20.1. The van der Waals surface area contributed by atoms with E-state index < -0.39 is 0 Å². The molecule has 0 radical (unpaired) electrons. The molecule has 4 aliphatic carbocycles. The minimum atomic E-state index is 0.581. The predicted octanol–water partition coefficient (Wildman–Crippen LogP) is 8.74. The van der Waals surface area contributed by atoms with Crippen LogP contribution in [0.3, 0.4) is 0 Å². The molecule has 0 aromatic rings. The highest BCUT2D eigenvalue weighted by molar-refractivity contribution is 5.02. The summed E-state index contributed by atoms with van der Waals surface area (Å²) in [6, 6.07) is 0. The Morgan fingerprint density at radius 3 is 2.11 bits per heavy atom. The van der Waals surface area contributed by atoms with Gasteiger partial charge >= 0.3 is 0 Å². The Morgan fingerprint density at radius 2 is 1.36 bits per heavy atom. The number of rotatable bonds is 1. The van der Waals surface area contributed by atoms with Gasteiger partial charge in [-0.3, -0.25) is 0 Å². The first-order valence-electron chi connectivity index (χ1n) is 13.3. The van der Waals surface area contributed by atoms with Gasteiger partial charge in [-0.2, -0.15) is 0 Å². The third-order valence-corrected chi connectivity index (χ3v) is 11.6. The first-order valence-corrected chi connectivity index (χ1v) is 13.3. The second-order valence-electron chi connectivity index (χ2n) is 12.9. The van der Waals surface area contributed by atoms with E-state index in [1.165, 1.54) is 38.5 Å². The summed E-state index contributed by atoms with van der Waals surface area (Å²) in [5, 5.41) is 0. The SMILES string of the molecule is CC(C)[C@]1(C)CC[C@@H](C)[C@H]2C1CC[C@@H]1CCC3CCCC[C@]3(C)[C@H]1CC[C@H]2C. The summed E-state index contributed by atoms with van der Waals surface area (Å²) in [6.07, 6.45) is 18.3. The Labute approximate surface area is 177 Å². The predicted molar refractivity (Wildman–Crippen MR) is 122 cm³/mol. The van der Waals surface area contributed by atoms with Gasteiger partial charge in [-0.25, -0.2) is 0 Å². The van der Waals surface area contributed by atoms with E-state index in [1.807, 2.05) is 0 Å². The molecule has 28 heavy (non-hydrogen) atoms. The summed E-state index contributed by atoms with van der Waals surface area (Å²) in [4.78, 5) is 0. The topological polar surface area (TPSA) is 0 Å². The summed E-state index contributed by atoms with van der Waals surface area (Å²) in [6.45, 7) is 15.7. The lowest BCUT2D eigenvalue weighted by Crippen LogP contribution is -2.46. The maximum atomic E-state index is 2.74. The molecule has 4 rings (SSSR count). The van der Waals surface area contributed by atoms with Gasteiger partial charge < -0.3 is 0 Å². The van der Waals surface area contributed by atoms with E-state index in [4.69, 9.17) is 0 Å². The number of hydrogen-bond donors (Lipinski definition) is 0. The van der Waals surface area contributed by atoms with Crippen molar-refractivity contribution in [3.8, 4) is 0 Å². The van der Waals surface area contributed by atoms with Gasteiger partial charge in [0.25, 0.3) is 0 Å². The van der Waals surface area contributed by atoms with Crippen LogP contribution in [0.25, 0.3) is 0 Å². The molecule has 0 N–H and O–H groups in total. The van der Waals surface area contributed by atoms with Crippen LogP contribution in [0.15, 0.2) is 0 Å². The van der Waals surface area contributed by atoms with Crippen molar-refractivity contribution in [2.24, 2.45) is 58.2 Å². The summed E-state index contributed by atoms with van der Waals surface area (Å²) in [7, 11) is 0. The van der Waals surface area contributed by atoms with Crippen molar-refractivity contribution < 1.29 is 0 Å². The Morgan fingerprint density at radius 1 is 0.679 bits per heavy atom. The Hall–Kier alpha value is 0. The molecule has 0 nitrogen and oxygen atoms in total. The molecule has 4 fully saturated rings. The van der Waals surface area contributed by atoms with E-state index in [2.05, 4.69) is 41.5 Å². The van der Waals surface area contributed by atoms with Crippen molar-refractivity contribution >= 4 is 0 Å². The zero-order valence-corrected chi connectivity index (χ0v) is 20.1. The van der Waals surface area contributed by atoms with Gasteiger partial charge in [-0.15, -0.1) is 0 Å². The van der Waals surface area contributed by atoms with Gasteiger partial charge in [-0.05, 0) is 116 Å². The van der Waals surface area contributed by atoms with E-state index in [0.717, 1.165) is 47.3 Å². The number of fused-ring (bicyclic) bond motifs is 4. The Balaban J connectivity index is 1.62. The van der Waals surface area contributed by atoms with Crippen LogP contribution >= 0.6 is 0 Å². The van der Waals surface area contributed by atoms with Gasteiger partial charge in [0.05, 0.1) is 0 Å². The van der Waals surface area contributed by atoms with Crippen molar-refractivity contribution in [1.82, 2.24) is 0 Å². The maximum absolute atomic E-state index is 2.74. The average molecular weight is 387 g/mol. The molecule has 0 heteroatoms. The molecule has 9 atom stereocenters.